The lowest BCUT2D eigenvalue weighted by molar-refractivity contribution is -0.139. The zero-order valence-corrected chi connectivity index (χ0v) is 10.5. The van der Waals surface area contributed by atoms with E-state index in [2.05, 4.69) is 11.8 Å². The number of aliphatic hydroxyl groups excluding tert-OH is 1. The van der Waals surface area contributed by atoms with Crippen LogP contribution in [0.5, 0.6) is 5.75 Å². The lowest BCUT2D eigenvalue weighted by atomic mass is 10.1. The van der Waals surface area contributed by atoms with Crippen LogP contribution in [-0.2, 0) is 0 Å². The number of alkyl halides is 3. The Hall–Kier alpha value is -1.67. The highest BCUT2D eigenvalue weighted by Crippen LogP contribution is 2.21. The van der Waals surface area contributed by atoms with Gasteiger partial charge in [-0.1, -0.05) is 11.8 Å². The van der Waals surface area contributed by atoms with Crippen LogP contribution in [0.3, 0.4) is 0 Å². The van der Waals surface area contributed by atoms with Crippen LogP contribution in [-0.4, -0.2) is 24.5 Å². The summed E-state index contributed by atoms with van der Waals surface area (Å²) in [5.74, 6) is 6.06. The Morgan fingerprint density at radius 1 is 1.32 bits per heavy atom. The maximum Gasteiger partial charge on any atom is 0.392 e. The fourth-order valence-corrected chi connectivity index (χ4v) is 1.36. The summed E-state index contributed by atoms with van der Waals surface area (Å²) >= 11 is 0. The molecule has 19 heavy (non-hydrogen) atoms. The number of ether oxygens (including phenoxy) is 1. The van der Waals surface area contributed by atoms with Crippen molar-refractivity contribution in [2.24, 2.45) is 0 Å². The van der Waals surface area contributed by atoms with E-state index in [9.17, 15) is 13.2 Å². The molecule has 0 atom stereocenters. The number of halogens is 3. The van der Waals surface area contributed by atoms with Gasteiger partial charge in [-0.2, -0.15) is 13.2 Å². The molecule has 0 aliphatic rings. The van der Waals surface area contributed by atoms with Crippen molar-refractivity contribution in [3.63, 3.8) is 0 Å². The van der Waals surface area contributed by atoms with E-state index in [0.717, 1.165) is 11.1 Å². The molecule has 0 saturated heterocycles. The van der Waals surface area contributed by atoms with Gasteiger partial charge >= 0.3 is 6.18 Å². The first-order valence-electron chi connectivity index (χ1n) is 5.82. The predicted molar refractivity (Wildman–Crippen MR) is 65.9 cm³/mol. The Balaban J connectivity index is 2.60. The lowest BCUT2D eigenvalue weighted by Gasteiger charge is -2.09. The summed E-state index contributed by atoms with van der Waals surface area (Å²) in [6.07, 6.45) is -4.78. The van der Waals surface area contributed by atoms with Crippen LogP contribution >= 0.6 is 0 Å². The standard InChI is InChI=1S/C14H15F3O2/c1-11-10-13(19-9-7-14(15,16)17)6-5-12(11)4-2-3-8-18/h5-6,10,18H,3,7-9H2,1H3. The number of rotatable bonds is 4. The Kier molecular flexibility index (Phi) is 5.71. The largest absolute Gasteiger partial charge is 0.493 e. The van der Waals surface area contributed by atoms with Crippen molar-refractivity contribution < 1.29 is 23.0 Å². The topological polar surface area (TPSA) is 29.5 Å². The summed E-state index contributed by atoms with van der Waals surface area (Å²) in [6.45, 7) is 1.42. The maximum absolute atomic E-state index is 12.0. The molecule has 0 bridgehead atoms. The van der Waals surface area contributed by atoms with E-state index >= 15 is 0 Å². The number of hydrogen-bond acceptors (Lipinski definition) is 2. The molecule has 104 valence electrons. The van der Waals surface area contributed by atoms with E-state index in [1.54, 1.807) is 25.1 Å². The van der Waals surface area contributed by atoms with Gasteiger partial charge in [0.1, 0.15) is 5.75 Å². The second-order valence-corrected chi connectivity index (χ2v) is 3.97. The highest BCUT2D eigenvalue weighted by Gasteiger charge is 2.26. The molecular weight excluding hydrogens is 257 g/mol. The summed E-state index contributed by atoms with van der Waals surface area (Å²) < 4.78 is 40.9. The first kappa shape index (κ1) is 15.4. The number of aliphatic hydroxyl groups is 1. The van der Waals surface area contributed by atoms with Crippen LogP contribution in [0, 0.1) is 18.8 Å². The molecular formula is C14H15F3O2. The smallest absolute Gasteiger partial charge is 0.392 e. The summed E-state index contributed by atoms with van der Waals surface area (Å²) in [7, 11) is 0. The van der Waals surface area contributed by atoms with Gasteiger partial charge in [0.05, 0.1) is 19.6 Å². The van der Waals surface area contributed by atoms with Gasteiger partial charge in [-0.15, -0.1) is 0 Å². The van der Waals surface area contributed by atoms with Gasteiger partial charge in [-0.05, 0) is 30.7 Å². The summed E-state index contributed by atoms with van der Waals surface area (Å²) in [6, 6.07) is 4.94. The maximum atomic E-state index is 12.0. The fraction of sp³-hybridized carbons (Fsp3) is 0.429. The third kappa shape index (κ3) is 6.16. The molecule has 5 heteroatoms. The molecule has 1 N–H and O–H groups in total. The van der Waals surface area contributed by atoms with Crippen molar-refractivity contribution in [2.75, 3.05) is 13.2 Å². The molecule has 1 aromatic rings. The molecule has 0 amide bonds. The van der Waals surface area contributed by atoms with E-state index < -0.39 is 19.2 Å². The Morgan fingerprint density at radius 3 is 2.63 bits per heavy atom. The second kappa shape index (κ2) is 7.05. The first-order valence-corrected chi connectivity index (χ1v) is 5.82. The van der Waals surface area contributed by atoms with E-state index in [-0.39, 0.29) is 6.61 Å². The van der Waals surface area contributed by atoms with E-state index in [1.165, 1.54) is 0 Å². The molecule has 0 heterocycles. The van der Waals surface area contributed by atoms with Gasteiger partial charge in [-0.25, -0.2) is 0 Å². The fourth-order valence-electron chi connectivity index (χ4n) is 1.36. The second-order valence-electron chi connectivity index (χ2n) is 3.97. The zero-order chi connectivity index (χ0) is 14.3. The van der Waals surface area contributed by atoms with Crippen molar-refractivity contribution in [3.8, 4) is 17.6 Å². The molecule has 0 radical (unpaired) electrons. The lowest BCUT2D eigenvalue weighted by Crippen LogP contribution is -2.13. The normalized spacial score (nSPS) is 10.8. The molecule has 0 aliphatic carbocycles. The van der Waals surface area contributed by atoms with Crippen molar-refractivity contribution in [1.29, 1.82) is 0 Å². The molecule has 0 fully saturated rings. The van der Waals surface area contributed by atoms with Gasteiger partial charge in [-0.3, -0.25) is 0 Å². The van der Waals surface area contributed by atoms with Crippen LogP contribution < -0.4 is 4.74 Å². The molecule has 1 rings (SSSR count). The molecule has 0 spiro atoms. The monoisotopic (exact) mass is 272 g/mol. The molecule has 2 nitrogen and oxygen atoms in total. The van der Waals surface area contributed by atoms with Crippen molar-refractivity contribution in [3.05, 3.63) is 29.3 Å². The third-order valence-corrected chi connectivity index (χ3v) is 2.31. The van der Waals surface area contributed by atoms with Gasteiger partial charge in [0.15, 0.2) is 0 Å². The van der Waals surface area contributed by atoms with Gasteiger partial charge in [0, 0.05) is 12.0 Å². The summed E-state index contributed by atoms with van der Waals surface area (Å²) in [5, 5.41) is 8.61. The van der Waals surface area contributed by atoms with Crippen molar-refractivity contribution >= 4 is 0 Å². The number of hydrogen-bond donors (Lipinski definition) is 1. The van der Waals surface area contributed by atoms with Crippen molar-refractivity contribution in [1.82, 2.24) is 0 Å². The van der Waals surface area contributed by atoms with Gasteiger partial charge < -0.3 is 9.84 Å². The quantitative estimate of drug-likeness (QED) is 0.854. The molecule has 1 aromatic carbocycles. The Bertz CT molecular complexity index is 470. The predicted octanol–water partition coefficient (Wildman–Crippen LogP) is 3.06. The number of benzene rings is 1. The van der Waals surface area contributed by atoms with Crippen LogP contribution in [0.1, 0.15) is 24.0 Å². The van der Waals surface area contributed by atoms with Crippen LogP contribution in [0.2, 0.25) is 0 Å². The highest BCUT2D eigenvalue weighted by molar-refractivity contribution is 5.44. The summed E-state index contributed by atoms with van der Waals surface area (Å²) in [5.41, 5.74) is 1.60. The zero-order valence-electron chi connectivity index (χ0n) is 10.5. The van der Waals surface area contributed by atoms with E-state index in [0.29, 0.717) is 12.2 Å². The van der Waals surface area contributed by atoms with Crippen LogP contribution in [0.4, 0.5) is 13.2 Å². The molecule has 0 aliphatic heterocycles. The average Bonchev–Trinajstić information content (AvgIpc) is 2.30. The highest BCUT2D eigenvalue weighted by atomic mass is 19.4. The first-order chi connectivity index (χ1) is 8.92. The average molecular weight is 272 g/mol. The minimum atomic E-state index is -4.20. The van der Waals surface area contributed by atoms with Crippen LogP contribution in [0.15, 0.2) is 18.2 Å². The SMILES string of the molecule is Cc1cc(OCCC(F)(F)F)ccc1C#CCCO. The minimum absolute atomic E-state index is 0.00465. The van der Waals surface area contributed by atoms with Gasteiger partial charge in [0.2, 0.25) is 0 Å². The van der Waals surface area contributed by atoms with Crippen LogP contribution in [0.25, 0.3) is 0 Å². The number of aryl methyl sites for hydroxylation is 1. The van der Waals surface area contributed by atoms with E-state index in [4.69, 9.17) is 9.84 Å². The summed E-state index contributed by atoms with van der Waals surface area (Å²) in [4.78, 5) is 0. The van der Waals surface area contributed by atoms with Crippen molar-refractivity contribution in [2.45, 2.75) is 25.9 Å². The van der Waals surface area contributed by atoms with E-state index in [1.807, 2.05) is 0 Å². The molecule has 0 unspecified atom stereocenters. The third-order valence-electron chi connectivity index (χ3n) is 2.31. The molecule has 0 saturated carbocycles. The van der Waals surface area contributed by atoms with Gasteiger partial charge in [0.25, 0.3) is 0 Å². The minimum Gasteiger partial charge on any atom is -0.493 e. The Labute approximate surface area is 110 Å². The Morgan fingerprint density at radius 2 is 2.05 bits per heavy atom. The molecule has 0 aromatic heterocycles.